The lowest BCUT2D eigenvalue weighted by atomic mass is 9.82. The van der Waals surface area contributed by atoms with Crippen LogP contribution in [0, 0.1) is 5.92 Å². The molecule has 0 radical (unpaired) electrons. The first kappa shape index (κ1) is 33.8. The van der Waals surface area contributed by atoms with Gasteiger partial charge in [0, 0.05) is 29.9 Å². The third-order valence-corrected chi connectivity index (χ3v) is 15.7. The molecule has 4 aromatic carbocycles. The van der Waals surface area contributed by atoms with Crippen LogP contribution in [0.5, 0.6) is 5.75 Å². The number of rotatable bonds is 10. The molecule has 0 bridgehead atoms. The topological polar surface area (TPSA) is 136 Å². The zero-order chi connectivity index (χ0) is 36.2. The largest absolute Gasteiger partial charge is 0.497 e. The lowest BCUT2D eigenvalue weighted by molar-refractivity contribution is -0.143. The van der Waals surface area contributed by atoms with Crippen molar-refractivity contribution in [3.05, 3.63) is 130 Å². The average molecular weight is 715 g/mol. The number of aliphatic hydroxyl groups is 1. The zero-order valence-electron chi connectivity index (χ0n) is 29.6. The molecule has 1 spiro atoms. The van der Waals surface area contributed by atoms with Gasteiger partial charge in [0.15, 0.2) is 5.60 Å². The van der Waals surface area contributed by atoms with Crippen molar-refractivity contribution in [2.24, 2.45) is 5.92 Å². The molecule has 12 heteroatoms. The maximum atomic E-state index is 14.3. The summed E-state index contributed by atoms with van der Waals surface area (Å²) in [5, 5.41) is 27.3. The number of aromatic nitrogens is 5. The summed E-state index contributed by atoms with van der Waals surface area (Å²) in [6, 6.07) is 31.1. The number of aliphatic hydroxyl groups excluding tert-OH is 1. The molecule has 2 aliphatic rings. The predicted molar refractivity (Wildman–Crippen MR) is 202 cm³/mol. The first-order valence-electron chi connectivity index (χ1n) is 17.7. The number of anilines is 1. The molecule has 6 aromatic rings. The van der Waals surface area contributed by atoms with Crippen molar-refractivity contribution >= 4 is 35.8 Å². The van der Waals surface area contributed by atoms with Crippen molar-refractivity contribution < 1.29 is 19.4 Å². The molecule has 1 unspecified atom stereocenters. The summed E-state index contributed by atoms with van der Waals surface area (Å²) in [4.78, 5) is 27.8. The summed E-state index contributed by atoms with van der Waals surface area (Å²) < 4.78 is 16.0. The summed E-state index contributed by atoms with van der Waals surface area (Å²) in [5.74, 6) is 0.104. The van der Waals surface area contributed by atoms with Crippen LogP contribution in [-0.4, -0.2) is 63.7 Å². The van der Waals surface area contributed by atoms with Crippen LogP contribution in [0.25, 0.3) is 16.6 Å². The number of methoxy groups -OCH3 is 1. The van der Waals surface area contributed by atoms with Crippen LogP contribution in [0.1, 0.15) is 36.1 Å². The second kappa shape index (κ2) is 13.0. The minimum Gasteiger partial charge on any atom is -0.497 e. The molecule has 2 aromatic heterocycles. The third kappa shape index (κ3) is 5.40. The van der Waals surface area contributed by atoms with Gasteiger partial charge in [0.2, 0.25) is 0 Å². The third-order valence-electron chi connectivity index (χ3n) is 11.4. The van der Waals surface area contributed by atoms with Crippen LogP contribution in [0.15, 0.2) is 108 Å². The van der Waals surface area contributed by atoms with E-state index in [-0.39, 0.29) is 41.6 Å². The number of carbonyl (C=O) groups is 1. The van der Waals surface area contributed by atoms with E-state index < -0.39 is 13.7 Å². The Morgan fingerprint density at radius 1 is 1.00 bits per heavy atom. The van der Waals surface area contributed by atoms with Crippen molar-refractivity contribution in [2.75, 3.05) is 19.0 Å². The first-order valence-corrected chi connectivity index (χ1v) is 20.8. The van der Waals surface area contributed by atoms with Gasteiger partial charge >= 0.3 is 0 Å². The molecule has 1 amide bonds. The second-order valence-electron chi connectivity index (χ2n) is 14.5. The van der Waals surface area contributed by atoms with E-state index in [1.54, 1.807) is 13.2 Å². The highest BCUT2D eigenvalue weighted by molar-refractivity contribution is 6.91. The molecule has 4 heterocycles. The Balaban J connectivity index is 1.17. The van der Waals surface area contributed by atoms with Crippen molar-refractivity contribution in [3.8, 4) is 11.4 Å². The summed E-state index contributed by atoms with van der Waals surface area (Å²) in [7, 11) is -0.699. The lowest BCUT2D eigenvalue weighted by Gasteiger charge is -2.37. The van der Waals surface area contributed by atoms with Crippen molar-refractivity contribution in [1.82, 2.24) is 24.8 Å². The van der Waals surface area contributed by atoms with Gasteiger partial charge < -0.3 is 19.9 Å². The number of amides is 1. The number of H-pyrrole nitrogens is 1. The highest BCUT2D eigenvalue weighted by Crippen LogP contribution is 2.58. The van der Waals surface area contributed by atoms with E-state index in [0.717, 1.165) is 22.4 Å². The zero-order valence-corrected chi connectivity index (χ0v) is 30.6. The van der Waals surface area contributed by atoms with Crippen LogP contribution >= 0.6 is 0 Å². The quantitative estimate of drug-likeness (QED) is 0.164. The lowest BCUT2D eigenvalue weighted by Crippen LogP contribution is -2.51. The molecular formula is C40H42N6O5Si. The Morgan fingerprint density at radius 2 is 1.75 bits per heavy atom. The molecule has 2 aliphatic heterocycles. The van der Waals surface area contributed by atoms with Crippen molar-refractivity contribution in [3.63, 3.8) is 0 Å². The van der Waals surface area contributed by atoms with Crippen LogP contribution in [0.4, 0.5) is 5.69 Å². The van der Waals surface area contributed by atoms with Gasteiger partial charge in [-0.25, -0.2) is 4.68 Å². The number of hydrogen-bond donors (Lipinski definition) is 3. The van der Waals surface area contributed by atoms with E-state index in [1.165, 1.54) is 9.87 Å². The summed E-state index contributed by atoms with van der Waals surface area (Å²) in [6.07, 6.45) is 2.18. The highest BCUT2D eigenvalue weighted by atomic mass is 28.3. The molecule has 266 valence electrons. The Kier molecular flexibility index (Phi) is 8.48. The van der Waals surface area contributed by atoms with Gasteiger partial charge in [-0.2, -0.15) is 0 Å². The molecule has 1 fully saturated rings. The molecule has 0 saturated carbocycles. The second-order valence-corrected chi connectivity index (χ2v) is 19.2. The van der Waals surface area contributed by atoms with Crippen molar-refractivity contribution in [2.45, 2.75) is 56.1 Å². The smallest absolute Gasteiger partial charge is 0.279 e. The molecular weight excluding hydrogens is 673 g/mol. The number of aryl methyl sites for hydroxylation is 1. The number of para-hydroxylation sites is 1. The first-order chi connectivity index (χ1) is 25.1. The fourth-order valence-electron chi connectivity index (χ4n) is 8.67. The number of nitrogens with one attached hydrogen (secondary N) is 2. The van der Waals surface area contributed by atoms with Gasteiger partial charge in [-0.1, -0.05) is 85.0 Å². The molecule has 0 aliphatic carbocycles. The molecule has 3 N–H and O–H groups in total. The van der Waals surface area contributed by atoms with Crippen molar-refractivity contribution in [1.29, 1.82) is 0 Å². The molecule has 11 nitrogen and oxygen atoms in total. The SMILES string of the molecule is COc1ccc([Si](C)(C)[C@H]2[C@H](CCn3cc(C(CO)c4ccccc4)nn3)O[C@@]3(C(=O)Nc4ccc(-n5[nH]c6ccccc6c5=O)cc43)[C@@H]2C)cc1. The molecule has 8 rings (SSSR count). The monoisotopic (exact) mass is 714 g/mol. The Hall–Kier alpha value is -5.30. The number of fused-ring (bicyclic) bond motifs is 3. The number of carbonyl (C=O) groups excluding carboxylic acids is 1. The summed E-state index contributed by atoms with van der Waals surface area (Å²) >= 11 is 0. The van der Waals surface area contributed by atoms with Gasteiger partial charge in [0.25, 0.3) is 11.5 Å². The van der Waals surface area contributed by atoms with E-state index in [0.29, 0.717) is 35.4 Å². The van der Waals surface area contributed by atoms with Gasteiger partial charge in [0.05, 0.1) is 56.1 Å². The molecule has 52 heavy (non-hydrogen) atoms. The normalized spacial score (nSPS) is 21.8. The van der Waals surface area contributed by atoms with E-state index in [4.69, 9.17) is 9.47 Å². The van der Waals surface area contributed by atoms with Crippen LogP contribution in [0.3, 0.4) is 0 Å². The molecule has 1 saturated heterocycles. The fourth-order valence-corrected chi connectivity index (χ4v) is 12.7. The summed E-state index contributed by atoms with van der Waals surface area (Å²) in [5.41, 5.74) is 3.05. The van der Waals surface area contributed by atoms with Crippen LogP contribution in [0.2, 0.25) is 18.6 Å². The van der Waals surface area contributed by atoms with Gasteiger partial charge in [-0.05, 0) is 60.0 Å². The standard InChI is InChI=1S/C40H42N6O5Si/c1-25-37(52(3,4)29-17-15-28(50-2)16-18-29)36(20-21-45-23-35(42-44-45)31(24-47)26-10-6-5-7-11-26)51-40(25)32-22-27(14-19-34(32)41-39(40)49)46-38(48)30-12-8-9-13-33(30)43-46/h5-19,22-23,25,31,36-37,43,47H,20-21,24H2,1-4H3,(H,41,49)/t25-,31?,36+,37-,40+/m1/s1. The van der Waals surface area contributed by atoms with Gasteiger partial charge in [-0.3, -0.25) is 19.4 Å². The Bertz CT molecular complexity index is 2320. The number of hydrogen-bond acceptors (Lipinski definition) is 7. The number of aromatic amines is 1. The highest BCUT2D eigenvalue weighted by Gasteiger charge is 2.64. The minimum atomic E-state index is -2.36. The van der Waals surface area contributed by atoms with E-state index in [9.17, 15) is 14.7 Å². The average Bonchev–Trinajstić information content (AvgIpc) is 3.92. The molecule has 5 atom stereocenters. The maximum Gasteiger partial charge on any atom is 0.279 e. The van der Waals surface area contributed by atoms with E-state index >= 15 is 0 Å². The Labute approximate surface area is 302 Å². The number of benzene rings is 4. The maximum absolute atomic E-state index is 14.3. The van der Waals surface area contributed by atoms with E-state index in [1.807, 2.05) is 89.7 Å². The number of ether oxygens (including phenoxy) is 2. The fraction of sp³-hybridized carbons (Fsp3) is 0.300. The van der Waals surface area contributed by atoms with E-state index in [2.05, 4.69) is 52.9 Å². The minimum absolute atomic E-state index is 0.0227. The Morgan fingerprint density at radius 3 is 2.48 bits per heavy atom. The number of nitrogens with zero attached hydrogens (tertiary/aromatic N) is 4. The van der Waals surface area contributed by atoms with Gasteiger partial charge in [-0.15, -0.1) is 5.10 Å². The summed E-state index contributed by atoms with van der Waals surface area (Å²) in [6.45, 7) is 7.26. The predicted octanol–water partition coefficient (Wildman–Crippen LogP) is 5.30. The van der Waals surface area contributed by atoms with Crippen LogP contribution < -0.4 is 20.8 Å². The van der Waals surface area contributed by atoms with Crippen LogP contribution in [-0.2, 0) is 21.7 Å². The van der Waals surface area contributed by atoms with Gasteiger partial charge in [0.1, 0.15) is 5.75 Å².